The van der Waals surface area contributed by atoms with Gasteiger partial charge in [-0.25, -0.2) is 4.98 Å². The minimum absolute atomic E-state index is 0.00231. The Bertz CT molecular complexity index is 896. The summed E-state index contributed by atoms with van der Waals surface area (Å²) >= 11 is 15.6. The first-order chi connectivity index (χ1) is 13.2. The smallest absolute Gasteiger partial charge is 0.191 e. The number of pyridine rings is 2. The van der Waals surface area contributed by atoms with Gasteiger partial charge in [0.1, 0.15) is 5.69 Å². The standard InChI is InChI=1S/C9H7BrN2S.C7H5Br2NO.C2H5NS/c1-6-12-9(5-13-6)8-3-2-7(10)4-11-8;8-3-7(11)6-2-1-5(9)4-10-6;1-2(3)4/h2-5H,1H3;1-2,4H,3H2;1H3,(H2,3,4). The van der Waals surface area contributed by atoms with Crippen LogP contribution in [0.2, 0.25) is 0 Å². The van der Waals surface area contributed by atoms with E-state index in [1.165, 1.54) is 0 Å². The summed E-state index contributed by atoms with van der Waals surface area (Å²) in [6.07, 6.45) is 3.39. The lowest BCUT2D eigenvalue weighted by Crippen LogP contribution is -2.01. The van der Waals surface area contributed by atoms with Crippen LogP contribution in [0, 0.1) is 6.92 Å². The summed E-state index contributed by atoms with van der Waals surface area (Å²) in [5.74, 6) is -0.00231. The Morgan fingerprint density at radius 3 is 2.07 bits per heavy atom. The molecule has 0 fully saturated rings. The van der Waals surface area contributed by atoms with Crippen LogP contribution >= 0.6 is 71.3 Å². The predicted octanol–water partition coefficient (Wildman–Crippen LogP) is 5.99. The molecule has 5 nitrogen and oxygen atoms in total. The van der Waals surface area contributed by atoms with Crippen LogP contribution in [0.3, 0.4) is 0 Å². The lowest BCUT2D eigenvalue weighted by atomic mass is 10.3. The zero-order chi connectivity index (χ0) is 21.1. The molecule has 3 aromatic heterocycles. The average molecular weight is 609 g/mol. The molecule has 0 aliphatic heterocycles. The molecular formula is C18H17Br3N4OS2. The zero-order valence-corrected chi connectivity index (χ0v) is 21.4. The van der Waals surface area contributed by atoms with Gasteiger partial charge in [-0.2, -0.15) is 0 Å². The molecule has 28 heavy (non-hydrogen) atoms. The van der Waals surface area contributed by atoms with Crippen LogP contribution in [-0.4, -0.2) is 31.1 Å². The van der Waals surface area contributed by atoms with E-state index in [-0.39, 0.29) is 5.78 Å². The Morgan fingerprint density at radius 2 is 1.68 bits per heavy atom. The van der Waals surface area contributed by atoms with E-state index in [0.717, 1.165) is 25.3 Å². The normalized spacial score (nSPS) is 9.46. The molecule has 0 aromatic carbocycles. The van der Waals surface area contributed by atoms with Crippen molar-refractivity contribution in [3.05, 3.63) is 61.7 Å². The fourth-order valence-electron chi connectivity index (χ4n) is 1.62. The predicted molar refractivity (Wildman–Crippen MR) is 130 cm³/mol. The fourth-order valence-corrected chi connectivity index (χ4v) is 2.98. The van der Waals surface area contributed by atoms with Crippen LogP contribution < -0.4 is 5.73 Å². The van der Waals surface area contributed by atoms with E-state index in [2.05, 4.69) is 75.0 Å². The van der Waals surface area contributed by atoms with Crippen molar-refractivity contribution < 1.29 is 4.79 Å². The Kier molecular flexibility index (Phi) is 11.8. The van der Waals surface area contributed by atoms with Crippen molar-refractivity contribution in [3.63, 3.8) is 0 Å². The second kappa shape index (κ2) is 13.2. The van der Waals surface area contributed by atoms with Gasteiger partial charge in [0, 0.05) is 26.7 Å². The molecule has 148 valence electrons. The Balaban J connectivity index is 0.000000239. The maximum Gasteiger partial charge on any atom is 0.191 e. The molecule has 0 unspecified atom stereocenters. The zero-order valence-electron chi connectivity index (χ0n) is 15.0. The van der Waals surface area contributed by atoms with E-state index >= 15 is 0 Å². The topological polar surface area (TPSA) is 81.8 Å². The highest BCUT2D eigenvalue weighted by atomic mass is 79.9. The summed E-state index contributed by atoms with van der Waals surface area (Å²) in [4.78, 5) is 24.0. The van der Waals surface area contributed by atoms with Crippen LogP contribution in [0.1, 0.15) is 22.4 Å². The summed E-state index contributed by atoms with van der Waals surface area (Å²) in [5, 5.41) is 3.41. The number of nitrogens with zero attached hydrogens (tertiary/aromatic N) is 3. The van der Waals surface area contributed by atoms with Crippen LogP contribution in [-0.2, 0) is 0 Å². The molecule has 0 aliphatic carbocycles. The minimum atomic E-state index is -0.00231. The van der Waals surface area contributed by atoms with Gasteiger partial charge in [0.25, 0.3) is 0 Å². The van der Waals surface area contributed by atoms with E-state index in [1.807, 2.05) is 24.4 Å². The first kappa shape index (κ1) is 25.0. The van der Waals surface area contributed by atoms with Crippen molar-refractivity contribution in [1.82, 2.24) is 15.0 Å². The van der Waals surface area contributed by atoms with Gasteiger partial charge < -0.3 is 5.73 Å². The summed E-state index contributed by atoms with van der Waals surface area (Å²) in [6, 6.07) is 7.41. The average Bonchev–Trinajstić information content (AvgIpc) is 3.09. The number of ketones is 1. The minimum Gasteiger partial charge on any atom is -0.394 e. The van der Waals surface area contributed by atoms with E-state index in [4.69, 9.17) is 5.73 Å². The number of aryl methyl sites for hydroxylation is 1. The Labute approximate surface area is 198 Å². The highest BCUT2D eigenvalue weighted by Crippen LogP contribution is 2.20. The first-order valence-electron chi connectivity index (χ1n) is 7.73. The van der Waals surface area contributed by atoms with Gasteiger partial charge >= 0.3 is 0 Å². The van der Waals surface area contributed by atoms with E-state index < -0.39 is 0 Å². The molecule has 0 saturated heterocycles. The van der Waals surface area contributed by atoms with Crippen molar-refractivity contribution in [2.75, 3.05) is 5.33 Å². The second-order valence-corrected chi connectivity index (χ2v) is 9.24. The number of aromatic nitrogens is 3. The van der Waals surface area contributed by atoms with Crippen molar-refractivity contribution >= 4 is 82.1 Å². The van der Waals surface area contributed by atoms with Crippen molar-refractivity contribution in [3.8, 4) is 11.4 Å². The van der Waals surface area contributed by atoms with Gasteiger partial charge in [-0.3, -0.25) is 14.8 Å². The number of halogens is 3. The van der Waals surface area contributed by atoms with Gasteiger partial charge in [0.05, 0.1) is 26.7 Å². The van der Waals surface area contributed by atoms with Gasteiger partial charge in [-0.05, 0) is 70.0 Å². The number of hydrogen-bond acceptors (Lipinski definition) is 6. The summed E-state index contributed by atoms with van der Waals surface area (Å²) in [7, 11) is 0. The molecule has 0 bridgehead atoms. The van der Waals surface area contributed by atoms with E-state index in [0.29, 0.717) is 16.0 Å². The molecule has 0 spiro atoms. The van der Waals surface area contributed by atoms with Crippen LogP contribution in [0.4, 0.5) is 0 Å². The molecule has 3 heterocycles. The molecule has 0 aliphatic rings. The number of alkyl halides is 1. The van der Waals surface area contributed by atoms with E-state index in [9.17, 15) is 4.79 Å². The number of carbonyl (C=O) groups is 1. The third-order valence-electron chi connectivity index (χ3n) is 2.74. The molecule has 3 aromatic rings. The van der Waals surface area contributed by atoms with Crippen LogP contribution in [0.5, 0.6) is 0 Å². The SMILES string of the molecule is CC(N)=S.Cc1nc(-c2ccc(Br)cn2)cs1.O=C(CBr)c1ccc(Br)cn1. The number of Topliss-reactive ketones (excluding diaryl/α,β-unsaturated/α-hetero) is 1. The maximum absolute atomic E-state index is 11.0. The van der Waals surface area contributed by atoms with Crippen LogP contribution in [0.15, 0.2) is 51.0 Å². The second-order valence-electron chi connectivity index (χ2n) is 5.14. The number of rotatable bonds is 3. The maximum atomic E-state index is 11.0. The highest BCUT2D eigenvalue weighted by molar-refractivity contribution is 9.10. The number of nitrogens with two attached hydrogens (primary N) is 1. The van der Waals surface area contributed by atoms with Crippen LogP contribution in [0.25, 0.3) is 11.4 Å². The monoisotopic (exact) mass is 606 g/mol. The molecule has 10 heteroatoms. The summed E-state index contributed by atoms with van der Waals surface area (Å²) in [5.41, 5.74) is 7.21. The van der Waals surface area contributed by atoms with Gasteiger partial charge in [-0.1, -0.05) is 28.1 Å². The molecule has 2 N–H and O–H groups in total. The quantitative estimate of drug-likeness (QED) is 0.223. The Hall–Kier alpha value is -1.07. The first-order valence-corrected chi connectivity index (χ1v) is 11.7. The van der Waals surface area contributed by atoms with Crippen molar-refractivity contribution in [2.24, 2.45) is 5.73 Å². The summed E-state index contributed by atoms with van der Waals surface area (Å²) in [6.45, 7) is 3.67. The van der Waals surface area contributed by atoms with Gasteiger partial charge in [0.2, 0.25) is 0 Å². The lowest BCUT2D eigenvalue weighted by Gasteiger charge is -1.94. The fraction of sp³-hybridized carbons (Fsp3) is 0.167. The molecule has 0 radical (unpaired) electrons. The highest BCUT2D eigenvalue weighted by Gasteiger charge is 2.03. The number of hydrogen-bond donors (Lipinski definition) is 1. The molecule has 0 atom stereocenters. The largest absolute Gasteiger partial charge is 0.394 e. The van der Waals surface area contributed by atoms with Crippen molar-refractivity contribution in [2.45, 2.75) is 13.8 Å². The third-order valence-corrected chi connectivity index (χ3v) is 4.96. The molecule has 0 amide bonds. The molecule has 3 rings (SSSR count). The number of thiazole rings is 1. The van der Waals surface area contributed by atoms with Gasteiger partial charge in [0.15, 0.2) is 5.78 Å². The van der Waals surface area contributed by atoms with E-state index in [1.54, 1.807) is 42.8 Å². The summed E-state index contributed by atoms with van der Waals surface area (Å²) < 4.78 is 1.87. The third kappa shape index (κ3) is 9.92. The molecular weight excluding hydrogens is 592 g/mol. The number of carbonyl (C=O) groups excluding carboxylic acids is 1. The number of thiocarbonyl (C=S) groups is 1. The Morgan fingerprint density at radius 1 is 1.11 bits per heavy atom. The lowest BCUT2D eigenvalue weighted by molar-refractivity contribution is 0.101. The van der Waals surface area contributed by atoms with Gasteiger partial charge in [-0.15, -0.1) is 11.3 Å². The molecule has 0 saturated carbocycles. The van der Waals surface area contributed by atoms with Crippen molar-refractivity contribution in [1.29, 1.82) is 0 Å².